The monoisotopic (exact) mass is 303 g/mol. The summed E-state index contributed by atoms with van der Waals surface area (Å²) in [6.07, 6.45) is 1.33. The molecule has 0 atom stereocenters. The lowest BCUT2D eigenvalue weighted by molar-refractivity contribution is -0.143. The summed E-state index contributed by atoms with van der Waals surface area (Å²) in [6, 6.07) is 10.2. The van der Waals surface area contributed by atoms with Crippen molar-refractivity contribution in [3.05, 3.63) is 48.0 Å². The van der Waals surface area contributed by atoms with Crippen LogP contribution in [0.25, 0.3) is 11.3 Å². The Bertz CT molecular complexity index is 659. The quantitative estimate of drug-likeness (QED) is 0.940. The number of carbonyl (C=O) groups is 1. The second-order valence-corrected chi connectivity index (χ2v) is 5.63. The highest BCUT2D eigenvalue weighted by Crippen LogP contribution is 2.26. The molecule has 5 heteroatoms. The van der Waals surface area contributed by atoms with E-state index in [1.165, 1.54) is 6.07 Å². The molecule has 22 heavy (non-hydrogen) atoms. The molecule has 116 valence electrons. The smallest absolute Gasteiger partial charge is 0.306 e. The maximum atomic E-state index is 13.7. The van der Waals surface area contributed by atoms with E-state index in [9.17, 15) is 9.18 Å². The van der Waals surface area contributed by atoms with Gasteiger partial charge in [-0.25, -0.2) is 4.39 Å². The van der Waals surface area contributed by atoms with Gasteiger partial charge in [0.2, 0.25) is 0 Å². The molecule has 0 aliphatic carbocycles. The number of halogens is 1. The number of aliphatic carboxylic acids is 1. The van der Waals surface area contributed by atoms with Crippen LogP contribution in [0.15, 0.2) is 40.8 Å². The Labute approximate surface area is 128 Å². The lowest BCUT2D eigenvalue weighted by atomic mass is 9.97. The zero-order chi connectivity index (χ0) is 15.5. The molecule has 3 rings (SSSR count). The van der Waals surface area contributed by atoms with Crippen molar-refractivity contribution in [1.82, 2.24) is 4.90 Å². The normalized spacial score (nSPS) is 16.8. The first-order valence-corrected chi connectivity index (χ1v) is 7.42. The maximum absolute atomic E-state index is 13.7. The average Bonchev–Trinajstić information content (AvgIpc) is 2.96. The molecular formula is C17H18FNO3. The van der Waals surface area contributed by atoms with Gasteiger partial charge in [-0.05, 0) is 50.2 Å². The third-order valence-electron chi connectivity index (χ3n) is 4.12. The molecule has 0 radical (unpaired) electrons. The molecule has 0 spiro atoms. The van der Waals surface area contributed by atoms with Gasteiger partial charge in [-0.2, -0.15) is 0 Å². The Balaban J connectivity index is 1.63. The van der Waals surface area contributed by atoms with Crippen molar-refractivity contribution >= 4 is 5.97 Å². The summed E-state index contributed by atoms with van der Waals surface area (Å²) in [4.78, 5) is 13.1. The van der Waals surface area contributed by atoms with Crippen LogP contribution in [0.3, 0.4) is 0 Å². The Morgan fingerprint density at radius 1 is 1.23 bits per heavy atom. The predicted molar refractivity (Wildman–Crippen MR) is 79.7 cm³/mol. The number of rotatable bonds is 4. The van der Waals surface area contributed by atoms with Gasteiger partial charge in [0.05, 0.1) is 18.0 Å². The van der Waals surface area contributed by atoms with Gasteiger partial charge in [0.25, 0.3) is 0 Å². The van der Waals surface area contributed by atoms with Crippen molar-refractivity contribution in [2.75, 3.05) is 13.1 Å². The van der Waals surface area contributed by atoms with E-state index in [4.69, 9.17) is 9.52 Å². The third kappa shape index (κ3) is 3.20. The standard InChI is InChI=1S/C17H18FNO3/c18-15-4-2-1-3-14(15)16-6-5-13(22-16)11-19-9-7-12(8-10-19)17(20)21/h1-6,12H,7-11H2,(H,20,21). The van der Waals surface area contributed by atoms with Crippen molar-refractivity contribution < 1.29 is 18.7 Å². The number of likely N-dealkylation sites (tertiary alicyclic amines) is 1. The second kappa shape index (κ2) is 6.32. The summed E-state index contributed by atoms with van der Waals surface area (Å²) in [7, 11) is 0. The van der Waals surface area contributed by atoms with Crippen LogP contribution in [0.2, 0.25) is 0 Å². The van der Waals surface area contributed by atoms with E-state index in [1.54, 1.807) is 24.3 Å². The maximum Gasteiger partial charge on any atom is 0.306 e. The average molecular weight is 303 g/mol. The van der Waals surface area contributed by atoms with Crippen molar-refractivity contribution in [3.8, 4) is 11.3 Å². The molecule has 1 aliphatic rings. The van der Waals surface area contributed by atoms with Crippen LogP contribution in [0, 0.1) is 11.7 Å². The highest BCUT2D eigenvalue weighted by Gasteiger charge is 2.24. The van der Waals surface area contributed by atoms with E-state index in [-0.39, 0.29) is 11.7 Å². The predicted octanol–water partition coefficient (Wildman–Crippen LogP) is 3.38. The fourth-order valence-electron chi connectivity index (χ4n) is 2.83. The molecule has 0 amide bonds. The van der Waals surface area contributed by atoms with Gasteiger partial charge in [0, 0.05) is 0 Å². The minimum absolute atomic E-state index is 0.234. The van der Waals surface area contributed by atoms with Crippen LogP contribution < -0.4 is 0 Å². The first-order chi connectivity index (χ1) is 10.6. The molecule has 0 unspecified atom stereocenters. The number of carboxylic acids is 1. The van der Waals surface area contributed by atoms with Crippen molar-refractivity contribution in [3.63, 3.8) is 0 Å². The van der Waals surface area contributed by atoms with Crippen molar-refractivity contribution in [2.24, 2.45) is 5.92 Å². The molecule has 1 saturated heterocycles. The van der Waals surface area contributed by atoms with Crippen LogP contribution in [0.4, 0.5) is 4.39 Å². The fourth-order valence-corrected chi connectivity index (χ4v) is 2.83. The lowest BCUT2D eigenvalue weighted by Gasteiger charge is -2.29. The second-order valence-electron chi connectivity index (χ2n) is 5.63. The Kier molecular flexibility index (Phi) is 4.24. The van der Waals surface area contributed by atoms with E-state index < -0.39 is 5.97 Å². The van der Waals surface area contributed by atoms with Gasteiger partial charge in [-0.1, -0.05) is 12.1 Å². The zero-order valence-corrected chi connectivity index (χ0v) is 12.2. The number of carboxylic acid groups (broad SMARTS) is 1. The Hall–Kier alpha value is -2.14. The van der Waals surface area contributed by atoms with Gasteiger partial charge in [0.15, 0.2) is 0 Å². The van der Waals surface area contributed by atoms with E-state index in [2.05, 4.69) is 4.90 Å². The fraction of sp³-hybridized carbons (Fsp3) is 0.353. The van der Waals surface area contributed by atoms with E-state index in [0.29, 0.717) is 30.7 Å². The van der Waals surface area contributed by atoms with Crippen LogP contribution in [0.1, 0.15) is 18.6 Å². The SMILES string of the molecule is O=C(O)C1CCN(Cc2ccc(-c3ccccc3F)o2)CC1. The largest absolute Gasteiger partial charge is 0.481 e. The number of furan rings is 1. The topological polar surface area (TPSA) is 53.7 Å². The highest BCUT2D eigenvalue weighted by molar-refractivity contribution is 5.70. The van der Waals surface area contributed by atoms with Gasteiger partial charge >= 0.3 is 5.97 Å². The highest BCUT2D eigenvalue weighted by atomic mass is 19.1. The number of benzene rings is 1. The number of piperidine rings is 1. The summed E-state index contributed by atoms with van der Waals surface area (Å²) in [5, 5.41) is 9.00. The lowest BCUT2D eigenvalue weighted by Crippen LogP contribution is -2.35. The molecule has 0 saturated carbocycles. The van der Waals surface area contributed by atoms with Gasteiger partial charge in [-0.3, -0.25) is 9.69 Å². The van der Waals surface area contributed by atoms with E-state index in [0.717, 1.165) is 18.8 Å². The Morgan fingerprint density at radius 3 is 2.64 bits per heavy atom. The molecule has 1 N–H and O–H groups in total. The van der Waals surface area contributed by atoms with E-state index in [1.807, 2.05) is 6.07 Å². The van der Waals surface area contributed by atoms with Crippen molar-refractivity contribution in [1.29, 1.82) is 0 Å². The van der Waals surface area contributed by atoms with Crippen LogP contribution in [-0.2, 0) is 11.3 Å². The molecule has 1 aliphatic heterocycles. The Morgan fingerprint density at radius 2 is 1.95 bits per heavy atom. The molecule has 1 aromatic carbocycles. The molecule has 1 fully saturated rings. The van der Waals surface area contributed by atoms with Gasteiger partial charge in [-0.15, -0.1) is 0 Å². The summed E-state index contributed by atoms with van der Waals surface area (Å²) >= 11 is 0. The summed E-state index contributed by atoms with van der Waals surface area (Å²) in [5.41, 5.74) is 0.457. The molecule has 4 nitrogen and oxygen atoms in total. The van der Waals surface area contributed by atoms with Crippen molar-refractivity contribution in [2.45, 2.75) is 19.4 Å². The van der Waals surface area contributed by atoms with Crippen LogP contribution >= 0.6 is 0 Å². The first kappa shape index (κ1) is 14.8. The molecule has 0 bridgehead atoms. The molecule has 1 aromatic heterocycles. The summed E-state index contributed by atoms with van der Waals surface area (Å²) < 4.78 is 19.5. The molecule has 2 heterocycles. The van der Waals surface area contributed by atoms with Crippen LogP contribution in [0.5, 0.6) is 0 Å². The molecular weight excluding hydrogens is 285 g/mol. The first-order valence-electron chi connectivity index (χ1n) is 7.42. The minimum Gasteiger partial charge on any atom is -0.481 e. The number of hydrogen-bond donors (Lipinski definition) is 1. The molecule has 2 aromatic rings. The van der Waals surface area contributed by atoms with Gasteiger partial charge < -0.3 is 9.52 Å². The minimum atomic E-state index is -0.709. The summed E-state index contributed by atoms with van der Waals surface area (Å²) in [6.45, 7) is 2.11. The zero-order valence-electron chi connectivity index (χ0n) is 12.2. The number of nitrogens with zero attached hydrogens (tertiary/aromatic N) is 1. The van der Waals surface area contributed by atoms with Gasteiger partial charge in [0.1, 0.15) is 17.3 Å². The van der Waals surface area contributed by atoms with E-state index >= 15 is 0 Å². The van der Waals surface area contributed by atoms with Crippen LogP contribution in [-0.4, -0.2) is 29.1 Å². The number of hydrogen-bond acceptors (Lipinski definition) is 3. The summed E-state index contributed by atoms with van der Waals surface area (Å²) in [5.74, 6) is 0.0486. The third-order valence-corrected chi connectivity index (χ3v) is 4.12.